The summed E-state index contributed by atoms with van der Waals surface area (Å²) in [4.78, 5) is 14.6. The molecule has 2 aliphatic heterocycles. The van der Waals surface area contributed by atoms with Crippen molar-refractivity contribution in [2.24, 2.45) is 0 Å². The summed E-state index contributed by atoms with van der Waals surface area (Å²) in [6, 6.07) is 2.00. The molecular formula is C18H22ClFN6O2. The second-order valence-electron chi connectivity index (χ2n) is 6.93. The minimum Gasteiger partial charge on any atom is -0.378 e. The lowest BCUT2D eigenvalue weighted by molar-refractivity contribution is 0.123. The molecule has 1 aromatic carbocycles. The van der Waals surface area contributed by atoms with E-state index in [1.54, 1.807) is 0 Å². The van der Waals surface area contributed by atoms with Gasteiger partial charge in [0.1, 0.15) is 11.6 Å². The van der Waals surface area contributed by atoms with Crippen molar-refractivity contribution in [1.29, 1.82) is 0 Å². The molecule has 3 heterocycles. The first-order valence-corrected chi connectivity index (χ1v) is 9.72. The minimum absolute atomic E-state index is 0.0137. The Balaban J connectivity index is 1.49. The lowest BCUT2D eigenvalue weighted by atomic mass is 10.2. The maximum Gasteiger partial charge on any atom is 0.319 e. The first-order valence-electron chi connectivity index (χ1n) is 9.34. The van der Waals surface area contributed by atoms with E-state index in [4.69, 9.17) is 16.3 Å². The smallest absolute Gasteiger partial charge is 0.319 e. The summed E-state index contributed by atoms with van der Waals surface area (Å²) in [6.07, 6.45) is 1.93. The minimum atomic E-state index is -0.586. The molecule has 10 heteroatoms. The Labute approximate surface area is 167 Å². The number of urea groups is 1. The third kappa shape index (κ3) is 3.77. The van der Waals surface area contributed by atoms with E-state index in [1.807, 2.05) is 16.4 Å². The molecule has 28 heavy (non-hydrogen) atoms. The number of ether oxygens (including phenoxy) is 1. The highest BCUT2D eigenvalue weighted by atomic mass is 35.5. The molecule has 0 bridgehead atoms. The fourth-order valence-corrected chi connectivity index (χ4v) is 3.77. The number of aryl methyl sites for hydroxylation is 1. The van der Waals surface area contributed by atoms with Crippen LogP contribution in [0.2, 0.25) is 5.02 Å². The molecule has 2 amide bonds. The normalized spacial score (nSPS) is 17.3. The van der Waals surface area contributed by atoms with Crippen LogP contribution >= 0.6 is 11.6 Å². The molecular weight excluding hydrogens is 387 g/mol. The number of hydrogen-bond donors (Lipinski definition) is 2. The number of fused-ring (bicyclic) bond motifs is 1. The fourth-order valence-electron chi connectivity index (χ4n) is 3.62. The second-order valence-corrected chi connectivity index (χ2v) is 7.34. The Bertz CT molecular complexity index is 883. The molecule has 1 fully saturated rings. The van der Waals surface area contributed by atoms with Crippen LogP contribution in [-0.4, -0.2) is 47.1 Å². The number of halogens is 2. The zero-order valence-electron chi connectivity index (χ0n) is 15.5. The van der Waals surface area contributed by atoms with Gasteiger partial charge >= 0.3 is 6.03 Å². The molecule has 8 nitrogen and oxygen atoms in total. The highest BCUT2D eigenvalue weighted by Gasteiger charge is 2.23. The molecule has 2 aliphatic rings. The Morgan fingerprint density at radius 3 is 2.86 bits per heavy atom. The van der Waals surface area contributed by atoms with E-state index in [-0.39, 0.29) is 11.1 Å². The Morgan fingerprint density at radius 1 is 1.29 bits per heavy atom. The van der Waals surface area contributed by atoms with Crippen molar-refractivity contribution in [3.63, 3.8) is 0 Å². The van der Waals surface area contributed by atoms with Crippen LogP contribution in [0.3, 0.4) is 0 Å². The molecule has 1 atom stereocenters. The number of aromatic nitrogens is 3. The average Bonchev–Trinajstić information content (AvgIpc) is 3.28. The van der Waals surface area contributed by atoms with Crippen LogP contribution in [-0.2, 0) is 17.7 Å². The number of morpholine rings is 1. The van der Waals surface area contributed by atoms with Crippen LogP contribution in [0.25, 0.3) is 0 Å². The molecule has 0 aliphatic carbocycles. The molecule has 4 rings (SSSR count). The van der Waals surface area contributed by atoms with Crippen molar-refractivity contribution in [2.45, 2.75) is 32.4 Å². The first kappa shape index (κ1) is 18.9. The molecule has 2 aromatic rings. The van der Waals surface area contributed by atoms with Crippen LogP contribution in [0, 0.1) is 5.82 Å². The number of benzene rings is 1. The van der Waals surface area contributed by atoms with Gasteiger partial charge in [0.05, 0.1) is 35.7 Å². The highest BCUT2D eigenvalue weighted by molar-refractivity contribution is 6.31. The standard InChI is InChI=1S/C18H22ClFN6O2/c1-11(17-24-23-16-3-2-4-26(16)17)21-18(27)22-14-10-13(20)12(19)9-15(14)25-5-7-28-8-6-25/h9-11H,2-8H2,1H3,(H2,21,22,27). The van der Waals surface area contributed by atoms with Crippen molar-refractivity contribution in [1.82, 2.24) is 20.1 Å². The van der Waals surface area contributed by atoms with Gasteiger partial charge < -0.3 is 24.8 Å². The summed E-state index contributed by atoms with van der Waals surface area (Å²) in [5.74, 6) is 1.08. The highest BCUT2D eigenvalue weighted by Crippen LogP contribution is 2.32. The van der Waals surface area contributed by atoms with Crippen LogP contribution in [0.4, 0.5) is 20.6 Å². The van der Waals surface area contributed by atoms with Gasteiger partial charge in [-0.2, -0.15) is 0 Å². The fraction of sp³-hybridized carbons (Fsp3) is 0.500. The molecule has 1 unspecified atom stereocenters. The predicted molar refractivity (Wildman–Crippen MR) is 103 cm³/mol. The summed E-state index contributed by atoms with van der Waals surface area (Å²) in [7, 11) is 0. The molecule has 150 valence electrons. The number of carbonyl (C=O) groups excluding carboxylic acids is 1. The largest absolute Gasteiger partial charge is 0.378 e. The third-order valence-corrected chi connectivity index (χ3v) is 5.30. The molecule has 1 saturated heterocycles. The topological polar surface area (TPSA) is 84.3 Å². The Kier molecular flexibility index (Phi) is 5.36. The van der Waals surface area contributed by atoms with Crippen molar-refractivity contribution in [3.05, 3.63) is 34.6 Å². The average molecular weight is 409 g/mol. The molecule has 0 spiro atoms. The van der Waals surface area contributed by atoms with Gasteiger partial charge in [-0.3, -0.25) is 0 Å². The van der Waals surface area contributed by atoms with E-state index < -0.39 is 11.8 Å². The molecule has 0 saturated carbocycles. The Hall–Kier alpha value is -2.39. The molecule has 1 aromatic heterocycles. The summed E-state index contributed by atoms with van der Waals surface area (Å²) < 4.78 is 21.4. The lowest BCUT2D eigenvalue weighted by Crippen LogP contribution is -2.38. The van der Waals surface area contributed by atoms with Crippen molar-refractivity contribution < 1.29 is 13.9 Å². The van der Waals surface area contributed by atoms with Gasteiger partial charge in [0.2, 0.25) is 0 Å². The summed E-state index contributed by atoms with van der Waals surface area (Å²) in [6.45, 7) is 5.11. The number of nitrogens with one attached hydrogen (secondary N) is 2. The van der Waals surface area contributed by atoms with Crippen molar-refractivity contribution >= 4 is 29.0 Å². The predicted octanol–water partition coefficient (Wildman–Crippen LogP) is 2.74. The summed E-state index contributed by atoms with van der Waals surface area (Å²) >= 11 is 5.97. The van der Waals surface area contributed by atoms with E-state index >= 15 is 0 Å². The van der Waals surface area contributed by atoms with Gasteiger partial charge in [-0.1, -0.05) is 11.6 Å². The Morgan fingerprint density at radius 2 is 2.07 bits per heavy atom. The third-order valence-electron chi connectivity index (χ3n) is 5.01. The van der Waals surface area contributed by atoms with Gasteiger partial charge in [-0.25, -0.2) is 9.18 Å². The lowest BCUT2D eigenvalue weighted by Gasteiger charge is -2.31. The van der Waals surface area contributed by atoms with E-state index in [0.717, 1.165) is 31.0 Å². The maximum atomic E-state index is 14.0. The second kappa shape index (κ2) is 7.92. The van der Waals surface area contributed by atoms with E-state index in [1.165, 1.54) is 12.1 Å². The van der Waals surface area contributed by atoms with Crippen LogP contribution in [0.15, 0.2) is 12.1 Å². The summed E-state index contributed by atoms with van der Waals surface area (Å²) in [5.41, 5.74) is 1.03. The SMILES string of the molecule is CC(NC(=O)Nc1cc(F)c(Cl)cc1N1CCOCC1)c1nnc2n1CCC2. The maximum absolute atomic E-state index is 14.0. The summed E-state index contributed by atoms with van der Waals surface area (Å²) in [5, 5.41) is 14.0. The number of amides is 2. The zero-order valence-corrected chi connectivity index (χ0v) is 16.3. The zero-order chi connectivity index (χ0) is 19.7. The van der Waals surface area contributed by atoms with Gasteiger partial charge in [0.25, 0.3) is 0 Å². The van der Waals surface area contributed by atoms with Gasteiger partial charge in [-0.15, -0.1) is 10.2 Å². The van der Waals surface area contributed by atoms with Gasteiger partial charge in [-0.05, 0) is 19.4 Å². The van der Waals surface area contributed by atoms with E-state index in [0.29, 0.717) is 37.7 Å². The number of anilines is 2. The number of nitrogens with zero attached hydrogens (tertiary/aromatic N) is 4. The van der Waals surface area contributed by atoms with Crippen molar-refractivity contribution in [2.75, 3.05) is 36.5 Å². The number of carbonyl (C=O) groups is 1. The van der Waals surface area contributed by atoms with Gasteiger partial charge in [0, 0.05) is 32.1 Å². The monoisotopic (exact) mass is 408 g/mol. The van der Waals surface area contributed by atoms with Gasteiger partial charge in [0.15, 0.2) is 5.82 Å². The van der Waals surface area contributed by atoms with Crippen LogP contribution < -0.4 is 15.5 Å². The quantitative estimate of drug-likeness (QED) is 0.812. The molecule has 2 N–H and O–H groups in total. The first-order chi connectivity index (χ1) is 13.5. The number of rotatable bonds is 4. The number of hydrogen-bond acceptors (Lipinski definition) is 5. The molecule has 0 radical (unpaired) electrons. The van der Waals surface area contributed by atoms with Crippen LogP contribution in [0.1, 0.15) is 31.0 Å². The van der Waals surface area contributed by atoms with Crippen molar-refractivity contribution in [3.8, 4) is 0 Å². The van der Waals surface area contributed by atoms with E-state index in [2.05, 4.69) is 20.8 Å². The van der Waals surface area contributed by atoms with E-state index in [9.17, 15) is 9.18 Å². The van der Waals surface area contributed by atoms with Crippen LogP contribution in [0.5, 0.6) is 0 Å².